The number of Topliss-reactive ketones (excluding diaryl/α,β-unsaturated/α-hetero) is 1. The van der Waals surface area contributed by atoms with E-state index in [-0.39, 0.29) is 11.8 Å². The maximum Gasteiger partial charge on any atom is 0.155 e. The van der Waals surface area contributed by atoms with Crippen LogP contribution in [0, 0.1) is 11.5 Å². The van der Waals surface area contributed by atoms with Gasteiger partial charge in [-0.3, -0.25) is 4.79 Å². The van der Waals surface area contributed by atoms with Crippen LogP contribution in [0.4, 0.5) is 5.82 Å². The first-order valence-electron chi connectivity index (χ1n) is 8.04. The third kappa shape index (κ3) is 3.15. The number of carbonyl (C=O) groups is 1. The Morgan fingerprint density at radius 1 is 1.30 bits per heavy atom. The van der Waals surface area contributed by atoms with Gasteiger partial charge in [-0.1, -0.05) is 32.0 Å². The summed E-state index contributed by atoms with van der Waals surface area (Å²) in [6, 6.07) is -0.150. The lowest BCUT2D eigenvalue weighted by Crippen LogP contribution is -2.22. The van der Waals surface area contributed by atoms with Crippen LogP contribution < -0.4 is 5.73 Å². The Morgan fingerprint density at radius 2 is 2.09 bits per heavy atom. The number of nitrogens with two attached hydrogens (primary N) is 1. The first kappa shape index (κ1) is 15.8. The van der Waals surface area contributed by atoms with Gasteiger partial charge in [0.2, 0.25) is 0 Å². The molecule has 1 atom stereocenters. The molecule has 6 heteroatoms. The largest absolute Gasteiger partial charge is 0.383 e. The van der Waals surface area contributed by atoms with Crippen molar-refractivity contribution in [2.75, 3.05) is 5.73 Å². The fraction of sp³-hybridized carbons (Fsp3) is 0.471. The van der Waals surface area contributed by atoms with Crippen molar-refractivity contribution < 1.29 is 4.79 Å². The third-order valence-electron chi connectivity index (χ3n) is 4.07. The van der Waals surface area contributed by atoms with Gasteiger partial charge in [0.05, 0.1) is 17.0 Å². The third-order valence-corrected chi connectivity index (χ3v) is 4.94. The summed E-state index contributed by atoms with van der Waals surface area (Å²) in [5.41, 5.74) is 11.0. The molecule has 0 radical (unpaired) electrons. The van der Waals surface area contributed by atoms with Gasteiger partial charge in [0.15, 0.2) is 5.78 Å². The monoisotopic (exact) mass is 326 g/mol. The predicted molar refractivity (Wildman–Crippen MR) is 94.7 cm³/mol. The molecular formula is C17H22N4OSi. The fourth-order valence-corrected chi connectivity index (χ4v) is 3.46. The van der Waals surface area contributed by atoms with Gasteiger partial charge < -0.3 is 10.3 Å². The Balaban J connectivity index is 2.18. The molecule has 0 aromatic carbocycles. The lowest BCUT2D eigenvalue weighted by Gasteiger charge is -2.22. The second-order valence-electron chi connectivity index (χ2n) is 7.14. The number of aromatic nitrogens is 3. The number of rotatable bonds is 1. The minimum Gasteiger partial charge on any atom is -0.383 e. The molecule has 0 saturated heterocycles. The summed E-state index contributed by atoms with van der Waals surface area (Å²) < 4.78 is 1.96. The van der Waals surface area contributed by atoms with E-state index in [2.05, 4.69) is 41.1 Å². The lowest BCUT2D eigenvalue weighted by molar-refractivity contribution is -0.123. The molecule has 2 aromatic heterocycles. The van der Waals surface area contributed by atoms with Crippen LogP contribution in [0.15, 0.2) is 12.5 Å². The lowest BCUT2D eigenvalue weighted by atomic mass is 9.94. The fourth-order valence-electron chi connectivity index (χ4n) is 2.95. The molecule has 0 amide bonds. The molecule has 1 aliphatic rings. The molecule has 2 N–H and O–H groups in total. The highest BCUT2D eigenvalue weighted by atomic mass is 28.3. The van der Waals surface area contributed by atoms with Crippen molar-refractivity contribution in [3.05, 3.63) is 18.1 Å². The predicted octanol–water partition coefficient (Wildman–Crippen LogP) is 2.93. The summed E-state index contributed by atoms with van der Waals surface area (Å²) in [5, 5.41) is 0.775. The second kappa shape index (κ2) is 5.82. The normalized spacial score (nSPS) is 18.7. The number of anilines is 1. The number of nitrogen functional groups attached to an aromatic ring is 1. The molecule has 1 aliphatic carbocycles. The van der Waals surface area contributed by atoms with Crippen molar-refractivity contribution in [3.63, 3.8) is 0 Å². The van der Waals surface area contributed by atoms with Crippen LogP contribution in [0.5, 0.6) is 0 Å². The summed E-state index contributed by atoms with van der Waals surface area (Å²) in [7, 11) is -1.51. The average Bonchev–Trinajstić information content (AvgIpc) is 2.85. The number of carbonyl (C=O) groups excluding carboxylic acids is 1. The van der Waals surface area contributed by atoms with Crippen molar-refractivity contribution in [3.8, 4) is 11.5 Å². The molecule has 0 spiro atoms. The Hall–Kier alpha value is -2.13. The summed E-state index contributed by atoms with van der Waals surface area (Å²) >= 11 is 0. The summed E-state index contributed by atoms with van der Waals surface area (Å²) in [6.45, 7) is 6.59. The van der Waals surface area contributed by atoms with Gasteiger partial charge in [0.1, 0.15) is 25.9 Å². The van der Waals surface area contributed by atoms with E-state index < -0.39 is 8.07 Å². The van der Waals surface area contributed by atoms with Gasteiger partial charge >= 0.3 is 0 Å². The number of hydrogen-bond donors (Lipinski definition) is 1. The van der Waals surface area contributed by atoms with Crippen LogP contribution in [-0.2, 0) is 4.79 Å². The molecule has 3 rings (SSSR count). The van der Waals surface area contributed by atoms with Crippen molar-refractivity contribution in [1.82, 2.24) is 14.5 Å². The van der Waals surface area contributed by atoms with Crippen molar-refractivity contribution in [2.45, 2.75) is 51.4 Å². The van der Waals surface area contributed by atoms with Crippen LogP contribution in [-0.4, -0.2) is 28.4 Å². The maximum absolute atomic E-state index is 12.3. The molecule has 5 nitrogen and oxygen atoms in total. The minimum atomic E-state index is -1.51. The van der Waals surface area contributed by atoms with Crippen LogP contribution in [0.1, 0.15) is 37.3 Å². The Morgan fingerprint density at radius 3 is 2.78 bits per heavy atom. The van der Waals surface area contributed by atoms with Gasteiger partial charge in [0, 0.05) is 12.6 Å². The van der Waals surface area contributed by atoms with E-state index in [1.165, 1.54) is 6.33 Å². The van der Waals surface area contributed by atoms with Crippen LogP contribution in [0.25, 0.3) is 11.0 Å². The molecule has 1 unspecified atom stereocenters. The molecule has 120 valence electrons. The van der Waals surface area contributed by atoms with Gasteiger partial charge in [-0.2, -0.15) is 0 Å². The zero-order valence-electron chi connectivity index (χ0n) is 13.9. The zero-order chi connectivity index (χ0) is 16.6. The van der Waals surface area contributed by atoms with Crippen molar-refractivity contribution >= 4 is 30.7 Å². The SMILES string of the molecule is C[Si](C)(C)C#Cc1cn(C2CCCCC2=O)c2ncnc(N)c12. The van der Waals surface area contributed by atoms with E-state index >= 15 is 0 Å². The topological polar surface area (TPSA) is 73.8 Å². The molecular weight excluding hydrogens is 304 g/mol. The van der Waals surface area contributed by atoms with Gasteiger partial charge in [-0.25, -0.2) is 9.97 Å². The smallest absolute Gasteiger partial charge is 0.155 e. The van der Waals surface area contributed by atoms with Gasteiger partial charge in [-0.15, -0.1) is 5.54 Å². The average molecular weight is 326 g/mol. The van der Waals surface area contributed by atoms with Crippen molar-refractivity contribution in [1.29, 1.82) is 0 Å². The first-order chi connectivity index (χ1) is 10.9. The van der Waals surface area contributed by atoms with Crippen molar-refractivity contribution in [2.24, 2.45) is 0 Å². The standard InChI is InChI=1S/C17H22N4OSi/c1-23(2,3)9-8-12-10-21(13-6-4-5-7-14(13)22)17-15(12)16(18)19-11-20-17/h10-11,13H,4-7H2,1-3H3,(H2,18,19,20). The maximum atomic E-state index is 12.3. The first-order valence-corrected chi connectivity index (χ1v) is 11.5. The van der Waals surface area contributed by atoms with E-state index in [9.17, 15) is 4.79 Å². The van der Waals surface area contributed by atoms with Crippen LogP contribution in [0.3, 0.4) is 0 Å². The number of fused-ring (bicyclic) bond motifs is 1. The highest BCUT2D eigenvalue weighted by molar-refractivity contribution is 6.83. The molecule has 0 aliphatic heterocycles. The van der Waals surface area contributed by atoms with Gasteiger partial charge in [0.25, 0.3) is 0 Å². The molecule has 0 bridgehead atoms. The van der Waals surface area contributed by atoms with E-state index in [1.54, 1.807) is 0 Å². The Labute approximate surface area is 137 Å². The molecule has 1 fully saturated rings. The van der Waals surface area contributed by atoms with E-state index in [1.807, 2.05) is 10.8 Å². The molecule has 2 heterocycles. The van der Waals surface area contributed by atoms with Gasteiger partial charge in [-0.05, 0) is 12.8 Å². The number of ketones is 1. The molecule has 2 aromatic rings. The Kier molecular flexibility index (Phi) is 3.98. The number of hydrogen-bond acceptors (Lipinski definition) is 4. The quantitative estimate of drug-likeness (QED) is 0.646. The summed E-state index contributed by atoms with van der Waals surface area (Å²) in [4.78, 5) is 20.8. The zero-order valence-corrected chi connectivity index (χ0v) is 14.9. The highest BCUT2D eigenvalue weighted by Gasteiger charge is 2.26. The van der Waals surface area contributed by atoms with E-state index in [4.69, 9.17) is 5.73 Å². The second-order valence-corrected chi connectivity index (χ2v) is 11.9. The summed E-state index contributed by atoms with van der Waals surface area (Å²) in [5.74, 6) is 3.96. The van der Waals surface area contributed by atoms with E-state index in [0.717, 1.165) is 35.9 Å². The number of nitrogens with zero attached hydrogens (tertiary/aromatic N) is 3. The molecule has 1 saturated carbocycles. The molecule has 23 heavy (non-hydrogen) atoms. The highest BCUT2D eigenvalue weighted by Crippen LogP contribution is 2.31. The van der Waals surface area contributed by atoms with E-state index in [0.29, 0.717) is 12.2 Å². The van der Waals surface area contributed by atoms with Crippen LogP contribution >= 0.6 is 0 Å². The Bertz CT molecular complexity index is 823. The minimum absolute atomic E-state index is 0.150. The van der Waals surface area contributed by atoms with Crippen LogP contribution in [0.2, 0.25) is 19.6 Å². The summed E-state index contributed by atoms with van der Waals surface area (Å²) in [6.07, 6.45) is 6.93.